The smallest absolute Gasteiger partial charge is 0.119 e. The monoisotopic (exact) mass is 250 g/mol. The Labute approximate surface area is 111 Å². The van der Waals surface area contributed by atoms with Crippen LogP contribution in [0.4, 0.5) is 0 Å². The second-order valence-electron chi connectivity index (χ2n) is 4.48. The molecule has 3 aromatic rings. The minimum atomic E-state index is 0.285. The van der Waals surface area contributed by atoms with Crippen LogP contribution in [0.5, 0.6) is 11.5 Å². The van der Waals surface area contributed by atoms with Crippen molar-refractivity contribution in [2.24, 2.45) is 0 Å². The molecule has 2 nitrogen and oxygen atoms in total. The largest absolute Gasteiger partial charge is 0.508 e. The van der Waals surface area contributed by atoms with Gasteiger partial charge in [0.25, 0.3) is 0 Å². The van der Waals surface area contributed by atoms with Crippen molar-refractivity contribution in [2.45, 2.75) is 0 Å². The molecule has 0 aliphatic rings. The summed E-state index contributed by atoms with van der Waals surface area (Å²) in [7, 11) is 1.67. The molecule has 0 saturated carbocycles. The van der Waals surface area contributed by atoms with Crippen molar-refractivity contribution < 1.29 is 9.84 Å². The van der Waals surface area contributed by atoms with Gasteiger partial charge in [-0.1, -0.05) is 30.3 Å². The van der Waals surface area contributed by atoms with Crippen LogP contribution in [0.25, 0.3) is 21.9 Å². The summed E-state index contributed by atoms with van der Waals surface area (Å²) in [6.45, 7) is 0. The summed E-state index contributed by atoms with van der Waals surface area (Å²) in [6.07, 6.45) is 0. The number of aromatic hydroxyl groups is 1. The maximum absolute atomic E-state index is 9.54. The van der Waals surface area contributed by atoms with E-state index in [2.05, 4.69) is 18.2 Å². The molecule has 3 rings (SSSR count). The summed E-state index contributed by atoms with van der Waals surface area (Å²) >= 11 is 0. The number of ether oxygens (including phenoxy) is 1. The number of hydrogen-bond acceptors (Lipinski definition) is 2. The lowest BCUT2D eigenvalue weighted by atomic mass is 10.0. The van der Waals surface area contributed by atoms with Crippen molar-refractivity contribution in [3.63, 3.8) is 0 Å². The Bertz CT molecular complexity index is 732. The Hall–Kier alpha value is -2.48. The number of fused-ring (bicyclic) bond motifs is 1. The third kappa shape index (κ3) is 2.25. The number of phenols is 1. The topological polar surface area (TPSA) is 29.5 Å². The van der Waals surface area contributed by atoms with Gasteiger partial charge in [-0.05, 0) is 52.2 Å². The molecule has 0 spiro atoms. The van der Waals surface area contributed by atoms with E-state index < -0.39 is 0 Å². The summed E-state index contributed by atoms with van der Waals surface area (Å²) in [6, 6.07) is 19.5. The molecule has 0 unspecified atom stereocenters. The number of methoxy groups -OCH3 is 1. The van der Waals surface area contributed by atoms with E-state index >= 15 is 0 Å². The Balaban J connectivity index is 2.11. The average molecular weight is 250 g/mol. The van der Waals surface area contributed by atoms with E-state index in [0.29, 0.717) is 0 Å². The van der Waals surface area contributed by atoms with E-state index in [1.165, 1.54) is 0 Å². The minimum absolute atomic E-state index is 0.285. The molecule has 0 saturated heterocycles. The van der Waals surface area contributed by atoms with E-state index in [-0.39, 0.29) is 5.75 Å². The molecule has 0 bridgehead atoms. The van der Waals surface area contributed by atoms with Crippen LogP contribution in [-0.2, 0) is 0 Å². The SMILES string of the molecule is COc1ccc2cc(-c3cccc(O)c3)ccc2c1. The zero-order valence-corrected chi connectivity index (χ0v) is 10.6. The van der Waals surface area contributed by atoms with E-state index in [4.69, 9.17) is 4.74 Å². The fourth-order valence-electron chi connectivity index (χ4n) is 2.22. The van der Waals surface area contributed by atoms with Gasteiger partial charge < -0.3 is 9.84 Å². The third-order valence-electron chi connectivity index (χ3n) is 3.23. The molecule has 2 heteroatoms. The van der Waals surface area contributed by atoms with Gasteiger partial charge in [-0.25, -0.2) is 0 Å². The van der Waals surface area contributed by atoms with Crippen LogP contribution >= 0.6 is 0 Å². The van der Waals surface area contributed by atoms with Gasteiger partial charge >= 0.3 is 0 Å². The Kier molecular flexibility index (Phi) is 2.84. The second-order valence-corrected chi connectivity index (χ2v) is 4.48. The van der Waals surface area contributed by atoms with Crippen LogP contribution in [0.2, 0.25) is 0 Å². The van der Waals surface area contributed by atoms with E-state index in [1.807, 2.05) is 30.3 Å². The molecule has 1 N–H and O–H groups in total. The molecule has 0 fully saturated rings. The van der Waals surface area contributed by atoms with Crippen LogP contribution in [-0.4, -0.2) is 12.2 Å². The fraction of sp³-hybridized carbons (Fsp3) is 0.0588. The molecule has 3 aromatic carbocycles. The van der Waals surface area contributed by atoms with E-state index in [0.717, 1.165) is 27.6 Å². The lowest BCUT2D eigenvalue weighted by Gasteiger charge is -2.06. The van der Waals surface area contributed by atoms with Crippen molar-refractivity contribution in [1.29, 1.82) is 0 Å². The lowest BCUT2D eigenvalue weighted by molar-refractivity contribution is 0.415. The van der Waals surface area contributed by atoms with Gasteiger partial charge in [-0.3, -0.25) is 0 Å². The van der Waals surface area contributed by atoms with Gasteiger partial charge in [-0.2, -0.15) is 0 Å². The van der Waals surface area contributed by atoms with Crippen LogP contribution in [0.3, 0.4) is 0 Å². The number of benzene rings is 3. The summed E-state index contributed by atoms with van der Waals surface area (Å²) in [5, 5.41) is 11.8. The highest BCUT2D eigenvalue weighted by atomic mass is 16.5. The molecule has 0 atom stereocenters. The highest BCUT2D eigenvalue weighted by Crippen LogP contribution is 2.28. The average Bonchev–Trinajstić information content (AvgIpc) is 2.46. The van der Waals surface area contributed by atoms with Crippen molar-refractivity contribution in [1.82, 2.24) is 0 Å². The fourth-order valence-corrected chi connectivity index (χ4v) is 2.22. The Morgan fingerprint density at radius 3 is 2.32 bits per heavy atom. The third-order valence-corrected chi connectivity index (χ3v) is 3.23. The maximum Gasteiger partial charge on any atom is 0.119 e. The first kappa shape index (κ1) is 11.6. The molecule has 0 radical (unpaired) electrons. The molecular weight excluding hydrogens is 236 g/mol. The first-order valence-corrected chi connectivity index (χ1v) is 6.13. The highest BCUT2D eigenvalue weighted by Gasteiger charge is 2.02. The summed E-state index contributed by atoms with van der Waals surface area (Å²) in [4.78, 5) is 0. The molecule has 94 valence electrons. The molecule has 19 heavy (non-hydrogen) atoms. The van der Waals surface area contributed by atoms with Crippen LogP contribution in [0.1, 0.15) is 0 Å². The Morgan fingerprint density at radius 1 is 0.789 bits per heavy atom. The number of hydrogen-bond donors (Lipinski definition) is 1. The quantitative estimate of drug-likeness (QED) is 0.737. The van der Waals surface area contributed by atoms with Gasteiger partial charge in [0.1, 0.15) is 11.5 Å². The van der Waals surface area contributed by atoms with E-state index in [9.17, 15) is 5.11 Å². The van der Waals surface area contributed by atoms with Crippen LogP contribution in [0, 0.1) is 0 Å². The first-order chi connectivity index (χ1) is 9.26. The van der Waals surface area contributed by atoms with Crippen molar-refractivity contribution in [2.75, 3.05) is 7.11 Å². The molecule has 0 amide bonds. The molecule has 0 aliphatic carbocycles. The minimum Gasteiger partial charge on any atom is -0.508 e. The van der Waals surface area contributed by atoms with Gasteiger partial charge in [0, 0.05) is 0 Å². The molecule has 0 aromatic heterocycles. The summed E-state index contributed by atoms with van der Waals surface area (Å²) in [5.74, 6) is 1.14. The normalized spacial score (nSPS) is 10.6. The van der Waals surface area contributed by atoms with Crippen molar-refractivity contribution in [3.05, 3.63) is 60.7 Å². The summed E-state index contributed by atoms with van der Waals surface area (Å²) < 4.78 is 5.22. The zero-order chi connectivity index (χ0) is 13.2. The zero-order valence-electron chi connectivity index (χ0n) is 10.6. The predicted molar refractivity (Wildman–Crippen MR) is 77.6 cm³/mol. The highest BCUT2D eigenvalue weighted by molar-refractivity contribution is 5.88. The molecule has 0 aliphatic heterocycles. The van der Waals surface area contributed by atoms with Gasteiger partial charge in [0.05, 0.1) is 7.11 Å². The molecule has 0 heterocycles. The van der Waals surface area contributed by atoms with Crippen molar-refractivity contribution >= 4 is 10.8 Å². The lowest BCUT2D eigenvalue weighted by Crippen LogP contribution is -1.83. The predicted octanol–water partition coefficient (Wildman–Crippen LogP) is 4.22. The number of phenolic OH excluding ortho intramolecular Hbond substituents is 1. The van der Waals surface area contributed by atoms with Gasteiger partial charge in [0.2, 0.25) is 0 Å². The van der Waals surface area contributed by atoms with E-state index in [1.54, 1.807) is 19.2 Å². The van der Waals surface area contributed by atoms with Crippen LogP contribution < -0.4 is 4.74 Å². The van der Waals surface area contributed by atoms with Crippen LogP contribution in [0.15, 0.2) is 60.7 Å². The second kappa shape index (κ2) is 4.65. The first-order valence-electron chi connectivity index (χ1n) is 6.13. The standard InChI is InChI=1S/C17H14O2/c1-19-17-8-7-14-9-13(5-6-15(14)11-17)12-3-2-4-16(18)10-12/h2-11,18H,1H3. The van der Waals surface area contributed by atoms with Gasteiger partial charge in [0.15, 0.2) is 0 Å². The summed E-state index contributed by atoms with van der Waals surface area (Å²) in [5.41, 5.74) is 2.10. The Morgan fingerprint density at radius 2 is 1.53 bits per heavy atom. The van der Waals surface area contributed by atoms with Crippen molar-refractivity contribution in [3.8, 4) is 22.6 Å². The van der Waals surface area contributed by atoms with Gasteiger partial charge in [-0.15, -0.1) is 0 Å². The maximum atomic E-state index is 9.54. The number of rotatable bonds is 2. The molecular formula is C17H14O2.